The summed E-state index contributed by atoms with van der Waals surface area (Å²) in [5.74, 6) is 0.368. The summed E-state index contributed by atoms with van der Waals surface area (Å²) >= 11 is 0. The molecule has 0 saturated carbocycles. The van der Waals surface area contributed by atoms with Crippen molar-refractivity contribution in [3.05, 3.63) is 115 Å². The Balaban J connectivity index is 1.27. The number of pyridine rings is 1. The zero-order valence-corrected chi connectivity index (χ0v) is 22.5. The van der Waals surface area contributed by atoms with Gasteiger partial charge >= 0.3 is 18.2 Å². The summed E-state index contributed by atoms with van der Waals surface area (Å²) in [5, 5.41) is 5.71. The number of amides is 2. The minimum atomic E-state index is -0.442. The predicted octanol–water partition coefficient (Wildman–Crippen LogP) is 6.26. The zero-order chi connectivity index (χ0) is 27.6. The lowest BCUT2D eigenvalue weighted by molar-refractivity contribution is -0.753. The topological polar surface area (TPSA) is 80.5 Å². The molecular weight excluding hydrogens is 490 g/mol. The molecule has 0 aliphatic rings. The van der Waals surface area contributed by atoms with E-state index in [4.69, 9.17) is 9.47 Å². The second-order valence-electron chi connectivity index (χ2n) is 9.51. The van der Waals surface area contributed by atoms with Gasteiger partial charge in [-0.1, -0.05) is 74.5 Å². The van der Waals surface area contributed by atoms with Crippen LogP contribution in [0, 0.1) is 5.92 Å². The molecule has 0 spiro atoms. The van der Waals surface area contributed by atoms with Gasteiger partial charge in [0, 0.05) is 29.8 Å². The van der Waals surface area contributed by atoms with E-state index in [1.807, 2.05) is 91.3 Å². The summed E-state index contributed by atoms with van der Waals surface area (Å²) < 4.78 is 13.4. The van der Waals surface area contributed by atoms with E-state index in [1.54, 1.807) is 25.3 Å². The molecule has 4 aromatic rings. The van der Waals surface area contributed by atoms with Crippen LogP contribution in [0.2, 0.25) is 0 Å². The molecule has 0 radical (unpaired) electrons. The Kier molecular flexibility index (Phi) is 9.29. The minimum absolute atomic E-state index is 0.195. The molecule has 3 aromatic carbocycles. The maximum absolute atomic E-state index is 12.5. The number of carbonyl (C=O) groups is 2. The number of urea groups is 1. The van der Waals surface area contributed by atoms with Gasteiger partial charge < -0.3 is 20.1 Å². The van der Waals surface area contributed by atoms with Crippen LogP contribution >= 0.6 is 0 Å². The number of esters is 1. The van der Waals surface area contributed by atoms with Crippen LogP contribution in [0.1, 0.15) is 38.1 Å². The lowest BCUT2D eigenvalue weighted by Gasteiger charge is -2.13. The highest BCUT2D eigenvalue weighted by Gasteiger charge is 2.19. The van der Waals surface area contributed by atoms with E-state index >= 15 is 0 Å². The van der Waals surface area contributed by atoms with E-state index in [0.717, 1.165) is 28.0 Å². The third kappa shape index (κ3) is 7.92. The van der Waals surface area contributed by atoms with Crippen LogP contribution in [0.5, 0.6) is 5.75 Å². The van der Waals surface area contributed by atoms with E-state index in [9.17, 15) is 9.59 Å². The number of para-hydroxylation sites is 1. The largest absolute Gasteiger partial charge is 0.488 e. The highest BCUT2D eigenvalue weighted by molar-refractivity contribution is 5.89. The van der Waals surface area contributed by atoms with Crippen LogP contribution in [0.15, 0.2) is 103 Å². The van der Waals surface area contributed by atoms with Crippen molar-refractivity contribution < 1.29 is 23.6 Å². The molecule has 1 atom stereocenters. The van der Waals surface area contributed by atoms with Gasteiger partial charge in [0.1, 0.15) is 12.4 Å². The van der Waals surface area contributed by atoms with Crippen molar-refractivity contribution >= 4 is 17.7 Å². The fraction of sp³-hybridized carbons (Fsp3) is 0.219. The number of ether oxygens (including phenoxy) is 2. The summed E-state index contributed by atoms with van der Waals surface area (Å²) in [4.78, 5) is 24.4. The van der Waals surface area contributed by atoms with Crippen LogP contribution in [0.3, 0.4) is 0 Å². The second-order valence-corrected chi connectivity index (χ2v) is 9.51. The van der Waals surface area contributed by atoms with E-state index in [-0.39, 0.29) is 17.9 Å². The van der Waals surface area contributed by atoms with E-state index in [1.165, 1.54) is 0 Å². The van der Waals surface area contributed by atoms with Gasteiger partial charge in [-0.25, -0.2) is 4.79 Å². The molecule has 2 amide bonds. The normalized spacial score (nSPS) is 11.5. The van der Waals surface area contributed by atoms with Crippen LogP contribution in [-0.4, -0.2) is 12.0 Å². The molecule has 1 aromatic heterocycles. The fourth-order valence-electron chi connectivity index (χ4n) is 3.89. The van der Waals surface area contributed by atoms with Crippen LogP contribution in [0.4, 0.5) is 10.5 Å². The maximum Gasteiger partial charge on any atom is 0.319 e. The smallest absolute Gasteiger partial charge is 0.319 e. The van der Waals surface area contributed by atoms with Crippen LogP contribution in [-0.2, 0) is 22.7 Å². The molecule has 4 rings (SSSR count). The van der Waals surface area contributed by atoms with Gasteiger partial charge in [-0.15, -0.1) is 0 Å². The van der Waals surface area contributed by atoms with Gasteiger partial charge in [0.2, 0.25) is 0 Å². The van der Waals surface area contributed by atoms with Gasteiger partial charge in [0.25, 0.3) is 0 Å². The highest BCUT2D eigenvalue weighted by atomic mass is 16.6. The molecule has 0 aliphatic heterocycles. The lowest BCUT2D eigenvalue weighted by Crippen LogP contribution is -2.41. The Labute approximate surface area is 229 Å². The number of hydrogen-bond donors (Lipinski definition) is 2. The third-order valence-corrected chi connectivity index (χ3v) is 6.09. The molecule has 39 heavy (non-hydrogen) atoms. The number of rotatable bonds is 10. The number of carbonyl (C=O) groups excluding carboxylic acids is 2. The summed E-state index contributed by atoms with van der Waals surface area (Å²) in [6.07, 6.45) is 3.24. The molecule has 0 saturated heterocycles. The standard InChI is InChI=1S/C32H33N3O4/c1-23(2)31(36)39-24(3)35-19-9-10-26(21-35)20-33-32(37)34-28-17-15-25(16-18-28)22-38-30-14-8-7-13-29(30)27-11-5-4-6-12-27/h4-19,21,23-24H,20,22H2,1-3H3,(H-,33,34,37)/p+1. The lowest BCUT2D eigenvalue weighted by atomic mass is 10.0. The predicted molar refractivity (Wildman–Crippen MR) is 151 cm³/mol. The van der Waals surface area contributed by atoms with E-state index in [0.29, 0.717) is 18.8 Å². The molecular formula is C32H34N3O4+. The van der Waals surface area contributed by atoms with Crippen molar-refractivity contribution in [1.82, 2.24) is 5.32 Å². The first-order valence-electron chi connectivity index (χ1n) is 13.0. The van der Waals surface area contributed by atoms with Crippen molar-refractivity contribution in [3.8, 4) is 16.9 Å². The first-order chi connectivity index (χ1) is 18.9. The number of nitrogens with zero attached hydrogens (tertiary/aromatic N) is 1. The summed E-state index contributed by atoms with van der Waals surface area (Å²) in [6.45, 7) is 6.14. The molecule has 1 heterocycles. The number of aromatic nitrogens is 1. The maximum atomic E-state index is 12.5. The Morgan fingerprint density at radius 2 is 1.54 bits per heavy atom. The number of hydrogen-bond acceptors (Lipinski definition) is 4. The Bertz CT molecular complexity index is 1390. The molecule has 0 bridgehead atoms. The molecule has 7 heteroatoms. The molecule has 2 N–H and O–H groups in total. The quantitative estimate of drug-likeness (QED) is 0.190. The second kappa shape index (κ2) is 13.2. The van der Waals surface area contributed by atoms with E-state index < -0.39 is 6.23 Å². The van der Waals surface area contributed by atoms with Gasteiger partial charge in [0.15, 0.2) is 12.4 Å². The van der Waals surface area contributed by atoms with E-state index in [2.05, 4.69) is 22.8 Å². The minimum Gasteiger partial charge on any atom is -0.488 e. The van der Waals surface area contributed by atoms with Crippen molar-refractivity contribution in [2.45, 2.75) is 40.2 Å². The van der Waals surface area contributed by atoms with Crippen molar-refractivity contribution in [2.75, 3.05) is 5.32 Å². The van der Waals surface area contributed by atoms with Crippen molar-refractivity contribution in [2.24, 2.45) is 5.92 Å². The number of anilines is 1. The van der Waals surface area contributed by atoms with Gasteiger partial charge in [-0.3, -0.25) is 4.79 Å². The average molecular weight is 525 g/mol. The molecule has 7 nitrogen and oxygen atoms in total. The summed E-state index contributed by atoms with van der Waals surface area (Å²) in [6, 6.07) is 29.1. The van der Waals surface area contributed by atoms with Gasteiger partial charge in [-0.05, 0) is 35.4 Å². The first-order valence-corrected chi connectivity index (χ1v) is 13.0. The Hall–Kier alpha value is -4.65. The molecule has 200 valence electrons. The van der Waals surface area contributed by atoms with Crippen molar-refractivity contribution in [3.63, 3.8) is 0 Å². The van der Waals surface area contributed by atoms with Gasteiger partial charge in [-0.2, -0.15) is 4.57 Å². The van der Waals surface area contributed by atoms with Gasteiger partial charge in [0.05, 0.1) is 12.5 Å². The molecule has 1 unspecified atom stereocenters. The van der Waals surface area contributed by atoms with Crippen molar-refractivity contribution in [1.29, 1.82) is 0 Å². The zero-order valence-electron chi connectivity index (χ0n) is 22.5. The monoisotopic (exact) mass is 524 g/mol. The number of nitrogens with one attached hydrogen (secondary N) is 2. The number of benzene rings is 3. The third-order valence-electron chi connectivity index (χ3n) is 6.09. The summed E-state index contributed by atoms with van der Waals surface area (Å²) in [7, 11) is 0. The highest BCUT2D eigenvalue weighted by Crippen LogP contribution is 2.30. The van der Waals surface area contributed by atoms with Crippen LogP contribution < -0.4 is 19.9 Å². The SMILES string of the molecule is CC(C)C(=O)OC(C)[n+]1cccc(CNC(=O)Nc2ccc(COc3ccccc3-c3ccccc3)cc2)c1. The molecule has 0 fully saturated rings. The summed E-state index contributed by atoms with van der Waals surface area (Å²) in [5.41, 5.74) is 4.70. The average Bonchev–Trinajstić information content (AvgIpc) is 2.96. The fourth-order valence-corrected chi connectivity index (χ4v) is 3.89. The Morgan fingerprint density at radius 1 is 0.821 bits per heavy atom. The first kappa shape index (κ1) is 27.4. The van der Waals surface area contributed by atoms with Crippen LogP contribution in [0.25, 0.3) is 11.1 Å². The Morgan fingerprint density at radius 3 is 2.28 bits per heavy atom. The molecule has 0 aliphatic carbocycles.